The lowest BCUT2D eigenvalue weighted by molar-refractivity contribution is 0.478. The van der Waals surface area contributed by atoms with Gasteiger partial charge in [0.15, 0.2) is 0 Å². The summed E-state index contributed by atoms with van der Waals surface area (Å²) in [5.74, 6) is 1.22. The summed E-state index contributed by atoms with van der Waals surface area (Å²) in [4.78, 5) is 0.153. The van der Waals surface area contributed by atoms with Crippen LogP contribution in [0.15, 0.2) is 0 Å². The standard InChI is InChI=1S/C5H12N2S/c1-5(6-2)7-3-4-8-5/h6-7H,3-4H2,1-2H3. The van der Waals surface area contributed by atoms with Crippen molar-refractivity contribution in [3.05, 3.63) is 0 Å². The van der Waals surface area contributed by atoms with Gasteiger partial charge in [-0.05, 0) is 14.0 Å². The van der Waals surface area contributed by atoms with Crippen LogP contribution in [0.1, 0.15) is 6.92 Å². The minimum absolute atomic E-state index is 0.153. The molecule has 0 radical (unpaired) electrons. The average molecular weight is 132 g/mol. The molecule has 0 spiro atoms. The summed E-state index contributed by atoms with van der Waals surface area (Å²) in [5, 5.41) is 6.53. The van der Waals surface area contributed by atoms with Crippen LogP contribution in [-0.2, 0) is 0 Å². The van der Waals surface area contributed by atoms with Crippen LogP contribution in [0.2, 0.25) is 0 Å². The van der Waals surface area contributed by atoms with E-state index in [0.717, 1.165) is 6.54 Å². The molecule has 2 N–H and O–H groups in total. The van der Waals surface area contributed by atoms with E-state index in [4.69, 9.17) is 0 Å². The van der Waals surface area contributed by atoms with Gasteiger partial charge in [-0.25, -0.2) is 0 Å². The third kappa shape index (κ3) is 1.16. The third-order valence-corrected chi connectivity index (χ3v) is 2.77. The minimum Gasteiger partial charge on any atom is -0.294 e. The molecule has 0 bridgehead atoms. The molecular formula is C5H12N2S. The maximum atomic E-state index is 3.33. The van der Waals surface area contributed by atoms with E-state index in [0.29, 0.717) is 0 Å². The van der Waals surface area contributed by atoms with E-state index in [1.54, 1.807) is 0 Å². The second kappa shape index (κ2) is 2.25. The second-order valence-corrected chi connectivity index (χ2v) is 3.57. The average Bonchev–Trinajstić information content (AvgIpc) is 2.17. The molecule has 2 nitrogen and oxygen atoms in total. The van der Waals surface area contributed by atoms with Gasteiger partial charge in [0.1, 0.15) is 4.99 Å². The summed E-state index contributed by atoms with van der Waals surface area (Å²) >= 11 is 1.92. The maximum Gasteiger partial charge on any atom is 0.114 e. The zero-order valence-corrected chi connectivity index (χ0v) is 6.14. The van der Waals surface area contributed by atoms with Crippen LogP contribution in [0.25, 0.3) is 0 Å². The second-order valence-electron chi connectivity index (χ2n) is 2.06. The van der Waals surface area contributed by atoms with Gasteiger partial charge in [-0.1, -0.05) is 0 Å². The van der Waals surface area contributed by atoms with Crippen LogP contribution in [0.5, 0.6) is 0 Å². The molecule has 48 valence electrons. The normalized spacial score (nSPS) is 38.2. The SMILES string of the molecule is CNC1(C)NCCS1. The predicted octanol–water partition coefficient (Wildman–Crippen LogP) is 0.216. The first kappa shape index (κ1) is 6.39. The minimum atomic E-state index is 0.153. The quantitative estimate of drug-likeness (QED) is 0.533. The van der Waals surface area contributed by atoms with Crippen LogP contribution >= 0.6 is 11.8 Å². The van der Waals surface area contributed by atoms with Crippen molar-refractivity contribution in [1.29, 1.82) is 0 Å². The van der Waals surface area contributed by atoms with Crippen molar-refractivity contribution in [1.82, 2.24) is 10.6 Å². The largest absolute Gasteiger partial charge is 0.294 e. The highest BCUT2D eigenvalue weighted by molar-refractivity contribution is 8.00. The van der Waals surface area contributed by atoms with E-state index in [9.17, 15) is 0 Å². The zero-order valence-electron chi connectivity index (χ0n) is 5.32. The molecule has 0 aromatic carbocycles. The van der Waals surface area contributed by atoms with Crippen molar-refractivity contribution in [3.8, 4) is 0 Å². The van der Waals surface area contributed by atoms with Crippen molar-refractivity contribution in [3.63, 3.8) is 0 Å². The summed E-state index contributed by atoms with van der Waals surface area (Å²) in [5.41, 5.74) is 0. The van der Waals surface area contributed by atoms with Gasteiger partial charge in [0, 0.05) is 12.3 Å². The molecule has 8 heavy (non-hydrogen) atoms. The van der Waals surface area contributed by atoms with Gasteiger partial charge in [0.25, 0.3) is 0 Å². The number of hydrogen-bond acceptors (Lipinski definition) is 3. The lowest BCUT2D eigenvalue weighted by Gasteiger charge is -2.21. The first-order valence-corrected chi connectivity index (χ1v) is 3.83. The molecule has 1 atom stereocenters. The molecule has 0 aliphatic carbocycles. The molecule has 0 aromatic heterocycles. The van der Waals surface area contributed by atoms with E-state index < -0.39 is 0 Å². The molecule has 1 unspecified atom stereocenters. The Bertz CT molecular complexity index is 78.5. The summed E-state index contributed by atoms with van der Waals surface area (Å²) in [6, 6.07) is 0. The Morgan fingerprint density at radius 3 is 2.75 bits per heavy atom. The van der Waals surface area contributed by atoms with Gasteiger partial charge in [0.2, 0.25) is 0 Å². The maximum absolute atomic E-state index is 3.33. The lowest BCUT2D eigenvalue weighted by atomic mass is 10.5. The van der Waals surface area contributed by atoms with Crippen LogP contribution in [0.4, 0.5) is 0 Å². The number of nitrogens with one attached hydrogen (secondary N) is 2. The van der Waals surface area contributed by atoms with Gasteiger partial charge in [0.05, 0.1) is 0 Å². The Morgan fingerprint density at radius 1 is 1.75 bits per heavy atom. The molecule has 0 saturated carbocycles. The zero-order chi connectivity index (χ0) is 6.04. The molecule has 1 fully saturated rings. The fourth-order valence-electron chi connectivity index (χ4n) is 0.756. The third-order valence-electron chi connectivity index (χ3n) is 1.43. The van der Waals surface area contributed by atoms with Gasteiger partial charge in [-0.3, -0.25) is 10.6 Å². The lowest BCUT2D eigenvalue weighted by Crippen LogP contribution is -2.45. The molecule has 1 saturated heterocycles. The van der Waals surface area contributed by atoms with E-state index in [-0.39, 0.29) is 4.99 Å². The van der Waals surface area contributed by atoms with Gasteiger partial charge in [-0.15, -0.1) is 11.8 Å². The van der Waals surface area contributed by atoms with Crippen molar-refractivity contribution in [2.45, 2.75) is 11.9 Å². The molecule has 0 amide bonds. The van der Waals surface area contributed by atoms with Crippen molar-refractivity contribution < 1.29 is 0 Å². The topological polar surface area (TPSA) is 24.1 Å². The highest BCUT2D eigenvalue weighted by atomic mass is 32.2. The number of thioether (sulfide) groups is 1. The molecule has 0 aromatic rings. The van der Waals surface area contributed by atoms with Crippen LogP contribution in [0.3, 0.4) is 0 Å². The molecular weight excluding hydrogens is 120 g/mol. The van der Waals surface area contributed by atoms with Crippen LogP contribution in [-0.4, -0.2) is 24.3 Å². The monoisotopic (exact) mass is 132 g/mol. The van der Waals surface area contributed by atoms with E-state index in [1.165, 1.54) is 5.75 Å². The van der Waals surface area contributed by atoms with Crippen LogP contribution < -0.4 is 10.6 Å². The van der Waals surface area contributed by atoms with E-state index in [1.807, 2.05) is 18.8 Å². The van der Waals surface area contributed by atoms with Crippen LogP contribution in [0, 0.1) is 0 Å². The Labute approximate surface area is 54.4 Å². The number of hydrogen-bond donors (Lipinski definition) is 2. The molecule has 1 aliphatic rings. The Hall–Kier alpha value is 0.270. The molecule has 3 heteroatoms. The van der Waals surface area contributed by atoms with Crippen molar-refractivity contribution >= 4 is 11.8 Å². The molecule has 1 aliphatic heterocycles. The van der Waals surface area contributed by atoms with E-state index >= 15 is 0 Å². The van der Waals surface area contributed by atoms with Crippen molar-refractivity contribution in [2.24, 2.45) is 0 Å². The van der Waals surface area contributed by atoms with E-state index in [2.05, 4.69) is 17.6 Å². The van der Waals surface area contributed by atoms with Gasteiger partial charge < -0.3 is 0 Å². The molecule has 1 rings (SSSR count). The summed E-state index contributed by atoms with van der Waals surface area (Å²) < 4.78 is 0. The predicted molar refractivity (Wildman–Crippen MR) is 37.9 cm³/mol. The summed E-state index contributed by atoms with van der Waals surface area (Å²) in [6.45, 7) is 3.28. The van der Waals surface area contributed by atoms with Gasteiger partial charge in [-0.2, -0.15) is 0 Å². The first-order chi connectivity index (χ1) is 3.77. The number of rotatable bonds is 1. The summed E-state index contributed by atoms with van der Waals surface area (Å²) in [7, 11) is 1.98. The first-order valence-electron chi connectivity index (χ1n) is 2.85. The van der Waals surface area contributed by atoms with Gasteiger partial charge >= 0.3 is 0 Å². The summed E-state index contributed by atoms with van der Waals surface area (Å²) in [6.07, 6.45) is 0. The fraction of sp³-hybridized carbons (Fsp3) is 1.00. The Kier molecular flexibility index (Phi) is 1.80. The highest BCUT2D eigenvalue weighted by Gasteiger charge is 2.25. The Balaban J connectivity index is 2.40. The molecule has 1 heterocycles. The fourth-order valence-corrected chi connectivity index (χ4v) is 1.72. The smallest absolute Gasteiger partial charge is 0.114 e. The Morgan fingerprint density at radius 2 is 2.50 bits per heavy atom. The van der Waals surface area contributed by atoms with Crippen molar-refractivity contribution in [2.75, 3.05) is 19.3 Å². The highest BCUT2D eigenvalue weighted by Crippen LogP contribution is 2.22.